The summed E-state index contributed by atoms with van der Waals surface area (Å²) in [5, 5.41) is 0. The highest BCUT2D eigenvalue weighted by atomic mass is 16.7. The molecule has 0 bridgehead atoms. The van der Waals surface area contributed by atoms with Gasteiger partial charge in [0.1, 0.15) is 18.6 Å². The molecule has 6 nitrogen and oxygen atoms in total. The van der Waals surface area contributed by atoms with E-state index in [4.69, 9.17) is 14.2 Å². The Morgan fingerprint density at radius 3 is 2.13 bits per heavy atom. The minimum Gasteiger partial charge on any atom is -0.465 e. The van der Waals surface area contributed by atoms with Crippen LogP contribution in [0.15, 0.2) is 0 Å². The number of carbonyl (C=O) groups is 2. The molecular weight excluding hydrogens is 298 g/mol. The van der Waals surface area contributed by atoms with Crippen LogP contribution in [-0.2, 0) is 19.0 Å². The highest BCUT2D eigenvalue weighted by Gasteiger charge is 2.41. The number of cyclic esters (lactones) is 2. The Kier molecular flexibility index (Phi) is 7.82. The van der Waals surface area contributed by atoms with Gasteiger partial charge in [0.15, 0.2) is 0 Å². The van der Waals surface area contributed by atoms with E-state index in [1.807, 2.05) is 0 Å². The molecule has 1 saturated heterocycles. The third-order valence-corrected chi connectivity index (χ3v) is 3.97. The standard InChI is InChI=1S/C17H32NO5/c1-17(13-22-16(20)23-14-17)15(19)21-12-10-8-6-5-7-9-11-18(2,3)4/h5-14H2,1-4H3/q+1. The van der Waals surface area contributed by atoms with E-state index in [0.717, 1.165) is 17.3 Å². The van der Waals surface area contributed by atoms with Crippen LogP contribution in [0.25, 0.3) is 0 Å². The van der Waals surface area contributed by atoms with Gasteiger partial charge in [0, 0.05) is 0 Å². The summed E-state index contributed by atoms with van der Waals surface area (Å²) in [6.07, 6.45) is 6.14. The first-order valence-electron chi connectivity index (χ1n) is 8.50. The molecule has 0 spiro atoms. The van der Waals surface area contributed by atoms with Gasteiger partial charge in [0.2, 0.25) is 0 Å². The molecule has 0 N–H and O–H groups in total. The van der Waals surface area contributed by atoms with Gasteiger partial charge in [-0.15, -0.1) is 0 Å². The number of unbranched alkanes of at least 4 members (excludes halogenated alkanes) is 5. The van der Waals surface area contributed by atoms with E-state index >= 15 is 0 Å². The molecule has 0 aromatic rings. The van der Waals surface area contributed by atoms with Crippen molar-refractivity contribution in [1.29, 1.82) is 0 Å². The molecule has 0 aromatic heterocycles. The highest BCUT2D eigenvalue weighted by Crippen LogP contribution is 2.24. The van der Waals surface area contributed by atoms with Crippen molar-refractivity contribution in [3.8, 4) is 0 Å². The summed E-state index contributed by atoms with van der Waals surface area (Å²) in [5.74, 6) is -0.354. The van der Waals surface area contributed by atoms with Crippen LogP contribution in [0.2, 0.25) is 0 Å². The minimum atomic E-state index is -0.876. The van der Waals surface area contributed by atoms with Crippen molar-refractivity contribution in [2.24, 2.45) is 5.41 Å². The zero-order valence-electron chi connectivity index (χ0n) is 15.1. The molecule has 1 fully saturated rings. The van der Waals surface area contributed by atoms with E-state index in [9.17, 15) is 9.59 Å². The number of quaternary nitrogens is 1. The quantitative estimate of drug-likeness (QED) is 0.350. The largest absolute Gasteiger partial charge is 0.508 e. The first-order chi connectivity index (χ1) is 10.7. The molecule has 134 valence electrons. The van der Waals surface area contributed by atoms with Gasteiger partial charge < -0.3 is 18.7 Å². The van der Waals surface area contributed by atoms with Gasteiger partial charge in [0.05, 0.1) is 34.3 Å². The molecule has 0 amide bonds. The summed E-state index contributed by atoms with van der Waals surface area (Å²) in [5.41, 5.74) is -0.876. The Labute approximate surface area is 139 Å². The zero-order valence-corrected chi connectivity index (χ0v) is 15.1. The van der Waals surface area contributed by atoms with Crippen LogP contribution in [0.4, 0.5) is 4.79 Å². The van der Waals surface area contributed by atoms with Crippen molar-refractivity contribution in [2.45, 2.75) is 45.4 Å². The van der Waals surface area contributed by atoms with E-state index in [1.165, 1.54) is 32.2 Å². The predicted octanol–water partition coefficient (Wildman–Crippen LogP) is 2.75. The molecule has 1 heterocycles. The molecule has 1 aliphatic rings. The summed E-state index contributed by atoms with van der Waals surface area (Å²) >= 11 is 0. The lowest BCUT2D eigenvalue weighted by atomic mass is 9.93. The molecule has 0 aromatic carbocycles. The van der Waals surface area contributed by atoms with Crippen molar-refractivity contribution in [3.63, 3.8) is 0 Å². The number of nitrogens with zero attached hydrogens (tertiary/aromatic N) is 1. The van der Waals surface area contributed by atoms with Crippen LogP contribution >= 0.6 is 0 Å². The third-order valence-electron chi connectivity index (χ3n) is 3.97. The van der Waals surface area contributed by atoms with E-state index in [2.05, 4.69) is 21.1 Å². The van der Waals surface area contributed by atoms with Crippen LogP contribution in [0.5, 0.6) is 0 Å². The van der Waals surface area contributed by atoms with Crippen molar-refractivity contribution in [2.75, 3.05) is 47.5 Å². The van der Waals surface area contributed by atoms with Crippen molar-refractivity contribution in [1.82, 2.24) is 0 Å². The van der Waals surface area contributed by atoms with Crippen molar-refractivity contribution >= 4 is 12.1 Å². The Balaban J connectivity index is 2.00. The lowest BCUT2D eigenvalue weighted by Crippen LogP contribution is -2.44. The zero-order chi connectivity index (χ0) is 17.3. The highest BCUT2D eigenvalue weighted by molar-refractivity contribution is 5.78. The van der Waals surface area contributed by atoms with Crippen LogP contribution in [0, 0.1) is 5.41 Å². The van der Waals surface area contributed by atoms with Gasteiger partial charge in [-0.1, -0.05) is 19.3 Å². The monoisotopic (exact) mass is 330 g/mol. The summed E-state index contributed by atoms with van der Waals surface area (Å²) in [4.78, 5) is 22.8. The second-order valence-corrected chi connectivity index (χ2v) is 7.66. The number of rotatable bonds is 10. The number of carbonyl (C=O) groups excluding carboxylic acids is 2. The summed E-state index contributed by atoms with van der Waals surface area (Å²) < 4.78 is 15.8. The second-order valence-electron chi connectivity index (χ2n) is 7.66. The van der Waals surface area contributed by atoms with Crippen LogP contribution in [0.1, 0.15) is 45.4 Å². The molecule has 1 rings (SSSR count). The van der Waals surface area contributed by atoms with Gasteiger partial charge in [0.25, 0.3) is 0 Å². The van der Waals surface area contributed by atoms with E-state index in [-0.39, 0.29) is 19.2 Å². The lowest BCUT2D eigenvalue weighted by molar-refractivity contribution is -0.870. The number of hydrogen-bond acceptors (Lipinski definition) is 5. The number of esters is 1. The lowest BCUT2D eigenvalue weighted by Gasteiger charge is -2.29. The van der Waals surface area contributed by atoms with Gasteiger partial charge in [-0.2, -0.15) is 0 Å². The third kappa shape index (κ3) is 8.21. The van der Waals surface area contributed by atoms with Crippen molar-refractivity contribution < 1.29 is 28.3 Å². The molecule has 0 unspecified atom stereocenters. The first kappa shape index (κ1) is 19.7. The normalized spacial score (nSPS) is 17.3. The van der Waals surface area contributed by atoms with Gasteiger partial charge in [-0.3, -0.25) is 4.79 Å². The maximum atomic E-state index is 12.0. The predicted molar refractivity (Wildman–Crippen MR) is 87.0 cm³/mol. The van der Waals surface area contributed by atoms with Crippen molar-refractivity contribution in [3.05, 3.63) is 0 Å². The molecule has 6 heteroatoms. The second kappa shape index (κ2) is 9.11. The Hall–Kier alpha value is -1.30. The maximum absolute atomic E-state index is 12.0. The topological polar surface area (TPSA) is 61.8 Å². The average molecular weight is 330 g/mol. The number of ether oxygens (including phenoxy) is 3. The molecule has 23 heavy (non-hydrogen) atoms. The first-order valence-corrected chi connectivity index (χ1v) is 8.50. The molecule has 0 atom stereocenters. The SMILES string of the molecule is CC1(C(=O)OCCCCCCCC[N+](C)(C)C)COC(=O)OC1. The summed E-state index contributed by atoms with van der Waals surface area (Å²) in [6, 6.07) is 0. The fourth-order valence-corrected chi connectivity index (χ4v) is 2.37. The van der Waals surface area contributed by atoms with Gasteiger partial charge in [-0.05, 0) is 26.2 Å². The minimum absolute atomic E-state index is 0.0248. The average Bonchev–Trinajstić information content (AvgIpc) is 2.47. The van der Waals surface area contributed by atoms with Crippen LogP contribution in [-0.4, -0.2) is 64.1 Å². The van der Waals surface area contributed by atoms with E-state index in [1.54, 1.807) is 6.92 Å². The fourth-order valence-electron chi connectivity index (χ4n) is 2.37. The van der Waals surface area contributed by atoms with Crippen LogP contribution < -0.4 is 0 Å². The van der Waals surface area contributed by atoms with E-state index in [0.29, 0.717) is 6.61 Å². The Bertz CT molecular complexity index is 379. The molecule has 0 saturated carbocycles. The molecule has 0 radical (unpaired) electrons. The Morgan fingerprint density at radius 1 is 1.04 bits per heavy atom. The van der Waals surface area contributed by atoms with Crippen LogP contribution in [0.3, 0.4) is 0 Å². The fraction of sp³-hybridized carbons (Fsp3) is 0.882. The molecule has 1 aliphatic heterocycles. The molecule has 0 aliphatic carbocycles. The summed E-state index contributed by atoms with van der Waals surface area (Å²) in [7, 11) is 6.65. The van der Waals surface area contributed by atoms with Gasteiger partial charge >= 0.3 is 12.1 Å². The Morgan fingerprint density at radius 2 is 1.57 bits per heavy atom. The number of hydrogen-bond donors (Lipinski definition) is 0. The van der Waals surface area contributed by atoms with E-state index < -0.39 is 11.6 Å². The summed E-state index contributed by atoms with van der Waals surface area (Å²) in [6.45, 7) is 3.37. The van der Waals surface area contributed by atoms with Gasteiger partial charge in [-0.25, -0.2) is 4.79 Å². The maximum Gasteiger partial charge on any atom is 0.508 e. The molecular formula is C17H32NO5+. The smallest absolute Gasteiger partial charge is 0.465 e.